The van der Waals surface area contributed by atoms with E-state index in [1.165, 1.54) is 21.9 Å². The Hall–Kier alpha value is -0.440. The summed E-state index contributed by atoms with van der Waals surface area (Å²) in [6.45, 7) is 3.52. The van der Waals surface area contributed by atoms with Crippen LogP contribution in [0.25, 0.3) is 0 Å². The summed E-state index contributed by atoms with van der Waals surface area (Å²) >= 11 is 4.80. The maximum Gasteiger partial charge on any atom is 0.265 e. The Morgan fingerprint density at radius 1 is 1.48 bits per heavy atom. The fourth-order valence-electron chi connectivity index (χ4n) is 2.71. The number of carbonyl (C=O) groups excluding carboxylic acids is 1. The predicted molar refractivity (Wildman–Crippen MR) is 88.2 cm³/mol. The Kier molecular flexibility index (Phi) is 5.45. The van der Waals surface area contributed by atoms with Gasteiger partial charge in [-0.15, -0.1) is 11.3 Å². The molecule has 0 aliphatic carbocycles. The molecule has 0 radical (unpaired) electrons. The number of carbonyl (C=O) groups is 1. The van der Waals surface area contributed by atoms with Crippen molar-refractivity contribution >= 4 is 43.2 Å². The number of rotatable bonds is 4. The standard InChI is InChI=1S/C13H19BrN2O3S2/c1-3-16(21(2,18)19)10-4-7-15(8-5-10)13(17)12-11(14)6-9-20-12/h6,9-10H,3-5,7-8H2,1-2H3. The van der Waals surface area contributed by atoms with Crippen LogP contribution in [0, 0.1) is 0 Å². The molecule has 118 valence electrons. The molecular formula is C13H19BrN2O3S2. The van der Waals surface area contributed by atoms with Gasteiger partial charge in [0, 0.05) is 30.1 Å². The Bertz CT molecular complexity index is 607. The second-order valence-electron chi connectivity index (χ2n) is 5.09. The fraction of sp³-hybridized carbons (Fsp3) is 0.615. The van der Waals surface area contributed by atoms with Crippen LogP contribution in [0.1, 0.15) is 29.4 Å². The van der Waals surface area contributed by atoms with E-state index in [0.717, 1.165) is 4.47 Å². The number of likely N-dealkylation sites (tertiary alicyclic amines) is 1. The summed E-state index contributed by atoms with van der Waals surface area (Å²) in [4.78, 5) is 14.9. The van der Waals surface area contributed by atoms with Gasteiger partial charge in [-0.25, -0.2) is 8.42 Å². The first kappa shape index (κ1) is 16.9. The largest absolute Gasteiger partial charge is 0.338 e. The molecule has 1 amide bonds. The first-order chi connectivity index (χ1) is 9.84. The van der Waals surface area contributed by atoms with Crippen molar-refractivity contribution in [3.63, 3.8) is 0 Å². The molecule has 0 spiro atoms. The molecule has 1 fully saturated rings. The summed E-state index contributed by atoms with van der Waals surface area (Å²) in [5.41, 5.74) is 0. The Labute approximate surface area is 138 Å². The van der Waals surface area contributed by atoms with Crippen LogP contribution < -0.4 is 0 Å². The van der Waals surface area contributed by atoms with Crippen LogP contribution in [-0.2, 0) is 10.0 Å². The van der Waals surface area contributed by atoms with E-state index < -0.39 is 10.0 Å². The number of hydrogen-bond donors (Lipinski definition) is 0. The van der Waals surface area contributed by atoms with E-state index in [9.17, 15) is 13.2 Å². The van der Waals surface area contributed by atoms with Crippen molar-refractivity contribution in [3.05, 3.63) is 20.8 Å². The summed E-state index contributed by atoms with van der Waals surface area (Å²) in [7, 11) is -3.18. The van der Waals surface area contributed by atoms with E-state index in [1.807, 2.05) is 23.3 Å². The van der Waals surface area contributed by atoms with Crippen molar-refractivity contribution in [2.45, 2.75) is 25.8 Å². The van der Waals surface area contributed by atoms with Crippen LogP contribution in [-0.4, -0.2) is 55.5 Å². The lowest BCUT2D eigenvalue weighted by Gasteiger charge is -2.36. The highest BCUT2D eigenvalue weighted by atomic mass is 79.9. The maximum atomic E-state index is 12.4. The van der Waals surface area contributed by atoms with Gasteiger partial charge in [-0.3, -0.25) is 4.79 Å². The highest BCUT2D eigenvalue weighted by Crippen LogP contribution is 2.26. The van der Waals surface area contributed by atoms with E-state index >= 15 is 0 Å². The third-order valence-electron chi connectivity index (χ3n) is 3.71. The summed E-state index contributed by atoms with van der Waals surface area (Å²) in [6.07, 6.45) is 2.63. The lowest BCUT2D eigenvalue weighted by Crippen LogP contribution is -2.48. The van der Waals surface area contributed by atoms with Gasteiger partial charge in [-0.05, 0) is 40.2 Å². The van der Waals surface area contributed by atoms with E-state index in [-0.39, 0.29) is 11.9 Å². The molecule has 21 heavy (non-hydrogen) atoms. The van der Waals surface area contributed by atoms with Gasteiger partial charge in [0.05, 0.1) is 6.26 Å². The van der Waals surface area contributed by atoms with Gasteiger partial charge in [0.2, 0.25) is 10.0 Å². The Morgan fingerprint density at radius 3 is 2.52 bits per heavy atom. The number of amides is 1. The van der Waals surface area contributed by atoms with E-state index in [0.29, 0.717) is 37.4 Å². The minimum atomic E-state index is -3.18. The zero-order chi connectivity index (χ0) is 15.6. The van der Waals surface area contributed by atoms with Crippen molar-refractivity contribution in [2.75, 3.05) is 25.9 Å². The lowest BCUT2D eigenvalue weighted by molar-refractivity contribution is 0.0684. The second-order valence-corrected chi connectivity index (χ2v) is 8.79. The number of nitrogens with zero attached hydrogens (tertiary/aromatic N) is 2. The normalized spacial score (nSPS) is 17.4. The third kappa shape index (κ3) is 3.85. The summed E-state index contributed by atoms with van der Waals surface area (Å²) in [6, 6.07) is 1.87. The van der Waals surface area contributed by atoms with E-state index in [4.69, 9.17) is 0 Å². The van der Waals surface area contributed by atoms with Crippen molar-refractivity contribution < 1.29 is 13.2 Å². The van der Waals surface area contributed by atoms with E-state index in [2.05, 4.69) is 15.9 Å². The van der Waals surface area contributed by atoms with Crippen LogP contribution in [0.5, 0.6) is 0 Å². The molecule has 2 heterocycles. The highest BCUT2D eigenvalue weighted by molar-refractivity contribution is 9.10. The van der Waals surface area contributed by atoms with Crippen molar-refractivity contribution in [1.29, 1.82) is 0 Å². The molecule has 1 aliphatic rings. The molecule has 0 bridgehead atoms. The quantitative estimate of drug-likeness (QED) is 0.787. The number of piperidine rings is 1. The smallest absolute Gasteiger partial charge is 0.265 e. The summed E-state index contributed by atoms with van der Waals surface area (Å²) in [5, 5.41) is 1.88. The number of sulfonamides is 1. The minimum Gasteiger partial charge on any atom is -0.338 e. The van der Waals surface area contributed by atoms with Crippen molar-refractivity contribution in [3.8, 4) is 0 Å². The third-order valence-corrected chi connectivity index (χ3v) is 6.94. The molecule has 0 saturated carbocycles. The molecule has 0 aromatic carbocycles. The molecule has 1 aromatic heterocycles. The topological polar surface area (TPSA) is 57.7 Å². The second kappa shape index (κ2) is 6.76. The molecular weight excluding hydrogens is 376 g/mol. The number of halogens is 1. The summed E-state index contributed by atoms with van der Waals surface area (Å²) < 4.78 is 25.9. The molecule has 0 unspecified atom stereocenters. The Balaban J connectivity index is 2.00. The van der Waals surface area contributed by atoms with Gasteiger partial charge < -0.3 is 4.90 Å². The van der Waals surface area contributed by atoms with Crippen molar-refractivity contribution in [2.24, 2.45) is 0 Å². The first-order valence-corrected chi connectivity index (χ1v) is 10.4. The molecule has 1 aromatic rings. The molecule has 0 N–H and O–H groups in total. The van der Waals surface area contributed by atoms with Gasteiger partial charge in [0.15, 0.2) is 0 Å². The van der Waals surface area contributed by atoms with Crippen LogP contribution in [0.4, 0.5) is 0 Å². The maximum absolute atomic E-state index is 12.4. The zero-order valence-electron chi connectivity index (χ0n) is 12.1. The Morgan fingerprint density at radius 2 is 2.10 bits per heavy atom. The minimum absolute atomic E-state index is 0.000765. The molecule has 1 saturated heterocycles. The molecule has 0 atom stereocenters. The number of thiophene rings is 1. The fourth-order valence-corrected chi connectivity index (χ4v) is 5.44. The van der Waals surface area contributed by atoms with Gasteiger partial charge in [-0.1, -0.05) is 6.92 Å². The average molecular weight is 395 g/mol. The predicted octanol–water partition coefficient (Wildman–Crippen LogP) is 2.40. The van der Waals surface area contributed by atoms with Crippen molar-refractivity contribution in [1.82, 2.24) is 9.21 Å². The monoisotopic (exact) mass is 394 g/mol. The SMILES string of the molecule is CCN(C1CCN(C(=O)c2sccc2Br)CC1)S(C)(=O)=O. The van der Waals surface area contributed by atoms with Crippen LogP contribution in [0.2, 0.25) is 0 Å². The average Bonchev–Trinajstić information content (AvgIpc) is 2.84. The van der Waals surface area contributed by atoms with Gasteiger partial charge in [0.25, 0.3) is 5.91 Å². The first-order valence-electron chi connectivity index (χ1n) is 6.83. The number of hydrogen-bond acceptors (Lipinski definition) is 4. The van der Waals surface area contributed by atoms with Gasteiger partial charge in [-0.2, -0.15) is 4.31 Å². The lowest BCUT2D eigenvalue weighted by atomic mass is 10.0. The van der Waals surface area contributed by atoms with Crippen LogP contribution >= 0.6 is 27.3 Å². The van der Waals surface area contributed by atoms with Gasteiger partial charge in [0.1, 0.15) is 4.88 Å². The highest BCUT2D eigenvalue weighted by Gasteiger charge is 2.31. The van der Waals surface area contributed by atoms with E-state index in [1.54, 1.807) is 0 Å². The summed E-state index contributed by atoms with van der Waals surface area (Å²) in [5.74, 6) is 0.0257. The molecule has 2 rings (SSSR count). The van der Waals surface area contributed by atoms with Gasteiger partial charge >= 0.3 is 0 Å². The molecule has 1 aliphatic heterocycles. The van der Waals surface area contributed by atoms with Crippen LogP contribution in [0.3, 0.4) is 0 Å². The van der Waals surface area contributed by atoms with Crippen LogP contribution in [0.15, 0.2) is 15.9 Å². The zero-order valence-corrected chi connectivity index (χ0v) is 15.3. The molecule has 8 heteroatoms. The molecule has 5 nitrogen and oxygen atoms in total.